The molecular formula is C29H37N5O2S. The van der Waals surface area contributed by atoms with Crippen LogP contribution in [0.4, 0.5) is 5.69 Å². The number of aryl methyl sites for hydroxylation is 1. The van der Waals surface area contributed by atoms with Crippen LogP contribution in [-0.4, -0.2) is 52.3 Å². The first-order valence-electron chi connectivity index (χ1n) is 13.0. The third-order valence-corrected chi connectivity index (χ3v) is 7.58. The number of thiocarbonyl (C=S) groups is 1. The number of hydrogen-bond acceptors (Lipinski definition) is 5. The molecule has 4 rings (SSSR count). The van der Waals surface area contributed by atoms with Crippen molar-refractivity contribution in [2.24, 2.45) is 0 Å². The van der Waals surface area contributed by atoms with Gasteiger partial charge >= 0.3 is 5.97 Å². The monoisotopic (exact) mass is 519 g/mol. The molecule has 2 unspecified atom stereocenters. The van der Waals surface area contributed by atoms with Crippen LogP contribution in [0.15, 0.2) is 54.7 Å². The number of aromatic nitrogens is 2. The summed E-state index contributed by atoms with van der Waals surface area (Å²) in [4.78, 5) is 21.0. The van der Waals surface area contributed by atoms with Crippen LogP contribution in [0.2, 0.25) is 0 Å². The second kappa shape index (κ2) is 11.8. The fourth-order valence-corrected chi connectivity index (χ4v) is 5.70. The number of benzene rings is 1. The van der Waals surface area contributed by atoms with E-state index in [2.05, 4.69) is 82.7 Å². The number of pyridine rings is 1. The Kier molecular flexibility index (Phi) is 8.48. The molecule has 8 heteroatoms. The fraction of sp³-hybridized carbons (Fsp3) is 0.414. The van der Waals surface area contributed by atoms with Crippen molar-refractivity contribution >= 4 is 29.0 Å². The second-order valence-electron chi connectivity index (χ2n) is 9.35. The van der Waals surface area contributed by atoms with Gasteiger partial charge in [-0.05, 0) is 94.4 Å². The summed E-state index contributed by atoms with van der Waals surface area (Å²) in [6.45, 7) is 11.3. The molecule has 0 aliphatic carbocycles. The van der Waals surface area contributed by atoms with Crippen LogP contribution in [0.5, 0.6) is 0 Å². The van der Waals surface area contributed by atoms with E-state index < -0.39 is 0 Å². The van der Waals surface area contributed by atoms with Crippen molar-refractivity contribution in [2.75, 3.05) is 31.6 Å². The number of nitrogens with one attached hydrogen (secondary N) is 1. The molecule has 0 bridgehead atoms. The van der Waals surface area contributed by atoms with E-state index in [0.29, 0.717) is 24.5 Å². The number of esters is 1. The Morgan fingerprint density at radius 3 is 2.49 bits per heavy atom. The van der Waals surface area contributed by atoms with Crippen LogP contribution in [0.25, 0.3) is 5.69 Å². The SMILES string of the molecule is CCN(CC)c1ccc(-n2c(C)cc(C3C(c4ccccn4)NC(=S)N3CCCC(=O)OC)c2C)cc1. The summed E-state index contributed by atoms with van der Waals surface area (Å²) in [6, 6.07) is 16.9. The summed E-state index contributed by atoms with van der Waals surface area (Å²) in [5.41, 5.74) is 6.84. The third-order valence-electron chi connectivity index (χ3n) is 7.23. The van der Waals surface area contributed by atoms with E-state index in [4.69, 9.17) is 17.0 Å². The number of nitrogens with zero attached hydrogens (tertiary/aromatic N) is 4. The molecule has 3 aromatic rings. The lowest BCUT2D eigenvalue weighted by atomic mass is 9.96. The largest absolute Gasteiger partial charge is 0.469 e. The molecule has 1 aliphatic rings. The molecule has 1 N–H and O–H groups in total. The number of hydrogen-bond donors (Lipinski definition) is 1. The minimum atomic E-state index is -0.206. The molecular weight excluding hydrogens is 482 g/mol. The van der Waals surface area contributed by atoms with E-state index >= 15 is 0 Å². The number of carbonyl (C=O) groups excluding carboxylic acids is 1. The van der Waals surface area contributed by atoms with Gasteiger partial charge in [-0.2, -0.15) is 0 Å². The highest BCUT2D eigenvalue weighted by Gasteiger charge is 2.41. The van der Waals surface area contributed by atoms with E-state index in [0.717, 1.165) is 30.2 Å². The molecule has 0 amide bonds. The summed E-state index contributed by atoms with van der Waals surface area (Å²) in [5, 5.41) is 4.19. The lowest BCUT2D eigenvalue weighted by Gasteiger charge is -2.28. The Hall–Kier alpha value is -3.39. The van der Waals surface area contributed by atoms with E-state index in [1.54, 1.807) is 0 Å². The highest BCUT2D eigenvalue weighted by atomic mass is 32.1. The predicted molar refractivity (Wildman–Crippen MR) is 152 cm³/mol. The second-order valence-corrected chi connectivity index (χ2v) is 9.74. The van der Waals surface area contributed by atoms with Crippen molar-refractivity contribution < 1.29 is 9.53 Å². The number of methoxy groups -OCH3 is 1. The third kappa shape index (κ3) is 5.49. The van der Waals surface area contributed by atoms with Gasteiger partial charge in [-0.25, -0.2) is 0 Å². The van der Waals surface area contributed by atoms with E-state index in [9.17, 15) is 4.79 Å². The molecule has 1 aliphatic heterocycles. The van der Waals surface area contributed by atoms with Gasteiger partial charge in [0, 0.05) is 55.0 Å². The Bertz CT molecular complexity index is 1220. The summed E-state index contributed by atoms with van der Waals surface area (Å²) < 4.78 is 7.16. The molecule has 7 nitrogen and oxygen atoms in total. The average molecular weight is 520 g/mol. The first-order valence-corrected chi connectivity index (χ1v) is 13.4. The van der Waals surface area contributed by atoms with E-state index in [1.165, 1.54) is 24.1 Å². The van der Waals surface area contributed by atoms with Crippen LogP contribution < -0.4 is 10.2 Å². The zero-order valence-corrected chi connectivity index (χ0v) is 23.2. The zero-order chi connectivity index (χ0) is 26.5. The Morgan fingerprint density at radius 1 is 1.14 bits per heavy atom. The first-order chi connectivity index (χ1) is 17.9. The van der Waals surface area contributed by atoms with Gasteiger partial charge in [0.15, 0.2) is 5.11 Å². The van der Waals surface area contributed by atoms with Crippen molar-refractivity contribution in [3.63, 3.8) is 0 Å². The maximum atomic E-state index is 11.8. The quantitative estimate of drug-likeness (QED) is 0.290. The first kappa shape index (κ1) is 26.7. The summed E-state index contributed by atoms with van der Waals surface area (Å²) in [5.74, 6) is -0.206. The van der Waals surface area contributed by atoms with Crippen LogP contribution in [-0.2, 0) is 9.53 Å². The normalized spacial score (nSPS) is 17.1. The Labute approximate surface area is 225 Å². The van der Waals surface area contributed by atoms with Crippen LogP contribution in [0.1, 0.15) is 61.4 Å². The van der Waals surface area contributed by atoms with Gasteiger partial charge in [0.05, 0.1) is 24.9 Å². The maximum Gasteiger partial charge on any atom is 0.305 e. The minimum absolute atomic E-state index is 0.0463. The highest BCUT2D eigenvalue weighted by Crippen LogP contribution is 2.41. The highest BCUT2D eigenvalue weighted by molar-refractivity contribution is 7.80. The van der Waals surface area contributed by atoms with Crippen molar-refractivity contribution in [3.05, 3.63) is 77.4 Å². The van der Waals surface area contributed by atoms with E-state index in [1.807, 2.05) is 24.4 Å². The molecule has 1 saturated heterocycles. The van der Waals surface area contributed by atoms with Crippen LogP contribution >= 0.6 is 12.2 Å². The summed E-state index contributed by atoms with van der Waals surface area (Å²) in [7, 11) is 1.42. The lowest BCUT2D eigenvalue weighted by Crippen LogP contribution is -2.31. The summed E-state index contributed by atoms with van der Waals surface area (Å²) in [6.07, 6.45) is 2.83. The van der Waals surface area contributed by atoms with Gasteiger partial charge in [-0.3, -0.25) is 9.78 Å². The van der Waals surface area contributed by atoms with Gasteiger partial charge in [0.25, 0.3) is 0 Å². The smallest absolute Gasteiger partial charge is 0.305 e. The van der Waals surface area contributed by atoms with Gasteiger partial charge in [-0.15, -0.1) is 0 Å². The lowest BCUT2D eigenvalue weighted by molar-refractivity contribution is -0.140. The van der Waals surface area contributed by atoms with Crippen molar-refractivity contribution in [3.8, 4) is 5.69 Å². The molecule has 196 valence electrons. The standard InChI is InChI=1S/C29H37N5O2S/c1-6-32(7-2)22-13-15-23(16-14-22)34-20(3)19-24(21(34)4)28-27(25-11-8-9-17-30-25)31-29(37)33(28)18-10-12-26(35)36-5/h8-9,11,13-17,19,27-28H,6-7,10,12,18H2,1-5H3,(H,31,37). The Morgan fingerprint density at radius 2 is 1.86 bits per heavy atom. The molecule has 37 heavy (non-hydrogen) atoms. The van der Waals surface area contributed by atoms with Crippen LogP contribution in [0.3, 0.4) is 0 Å². The number of ether oxygens (including phenoxy) is 1. The van der Waals surface area contributed by atoms with Crippen molar-refractivity contribution in [1.82, 2.24) is 19.8 Å². The average Bonchev–Trinajstić information content (AvgIpc) is 3.40. The van der Waals surface area contributed by atoms with Crippen molar-refractivity contribution in [2.45, 2.75) is 52.6 Å². The van der Waals surface area contributed by atoms with Gasteiger partial charge in [-0.1, -0.05) is 6.07 Å². The molecule has 2 aromatic heterocycles. The molecule has 3 heterocycles. The van der Waals surface area contributed by atoms with Gasteiger partial charge in [0.1, 0.15) is 0 Å². The fourth-order valence-electron chi connectivity index (χ4n) is 5.37. The molecule has 0 radical (unpaired) electrons. The number of anilines is 1. The zero-order valence-electron chi connectivity index (χ0n) is 22.4. The van der Waals surface area contributed by atoms with Gasteiger partial charge in [0.2, 0.25) is 0 Å². The molecule has 1 aromatic carbocycles. The minimum Gasteiger partial charge on any atom is -0.469 e. The summed E-state index contributed by atoms with van der Waals surface area (Å²) >= 11 is 5.80. The molecule has 2 atom stereocenters. The topological polar surface area (TPSA) is 62.6 Å². The molecule has 0 spiro atoms. The molecule has 1 fully saturated rings. The molecule has 0 saturated carbocycles. The van der Waals surface area contributed by atoms with Gasteiger partial charge < -0.3 is 24.4 Å². The Balaban J connectivity index is 1.71. The number of rotatable bonds is 10. The van der Waals surface area contributed by atoms with E-state index in [-0.39, 0.29) is 18.1 Å². The van der Waals surface area contributed by atoms with Crippen LogP contribution in [0, 0.1) is 13.8 Å². The van der Waals surface area contributed by atoms with Crippen molar-refractivity contribution in [1.29, 1.82) is 0 Å². The maximum absolute atomic E-state index is 11.8. The number of carbonyl (C=O) groups is 1. The predicted octanol–water partition coefficient (Wildman–Crippen LogP) is 5.26.